The number of nitrogens with one attached hydrogen (secondary N) is 2. The molecular formula is C20H20N2O6S. The van der Waals surface area contributed by atoms with Crippen molar-refractivity contribution in [1.82, 2.24) is 10.9 Å². The molecule has 0 saturated heterocycles. The third-order valence-corrected chi connectivity index (χ3v) is 5.08. The van der Waals surface area contributed by atoms with Crippen LogP contribution in [0.4, 0.5) is 0 Å². The predicted molar refractivity (Wildman–Crippen MR) is 106 cm³/mol. The summed E-state index contributed by atoms with van der Waals surface area (Å²) in [7, 11) is 0. The molecule has 1 aliphatic rings. The lowest BCUT2D eigenvalue weighted by molar-refractivity contribution is -0.146. The quantitative estimate of drug-likeness (QED) is 0.419. The van der Waals surface area contributed by atoms with Gasteiger partial charge in [0.2, 0.25) is 6.10 Å². The van der Waals surface area contributed by atoms with Crippen molar-refractivity contribution in [3.8, 4) is 11.5 Å². The summed E-state index contributed by atoms with van der Waals surface area (Å²) in [5, 5.41) is 0. The topological polar surface area (TPSA) is 103 Å². The molecule has 2 amide bonds. The highest BCUT2D eigenvalue weighted by atomic mass is 32.2. The van der Waals surface area contributed by atoms with Crippen molar-refractivity contribution < 1.29 is 28.6 Å². The van der Waals surface area contributed by atoms with Crippen molar-refractivity contribution in [2.45, 2.75) is 17.9 Å². The van der Waals surface area contributed by atoms with Crippen LogP contribution in [0.15, 0.2) is 53.4 Å². The summed E-state index contributed by atoms with van der Waals surface area (Å²) in [4.78, 5) is 36.6. The summed E-state index contributed by atoms with van der Waals surface area (Å²) in [5.74, 6) is -0.683. The summed E-state index contributed by atoms with van der Waals surface area (Å²) >= 11 is 1.33. The normalized spacial score (nSPS) is 14.6. The smallest absolute Gasteiger partial charge is 0.316 e. The lowest BCUT2D eigenvalue weighted by Crippen LogP contribution is -2.51. The number of benzene rings is 2. The van der Waals surface area contributed by atoms with Gasteiger partial charge in [-0.15, -0.1) is 11.8 Å². The molecule has 0 fully saturated rings. The van der Waals surface area contributed by atoms with Crippen LogP contribution in [-0.2, 0) is 19.1 Å². The highest BCUT2D eigenvalue weighted by molar-refractivity contribution is 8.00. The first-order chi connectivity index (χ1) is 14.0. The fourth-order valence-electron chi connectivity index (χ4n) is 2.44. The molecule has 2 N–H and O–H groups in total. The Hall–Kier alpha value is -3.20. The Morgan fingerprint density at radius 3 is 2.59 bits per heavy atom. The number of carbonyl (C=O) groups excluding carboxylic acids is 3. The third kappa shape index (κ3) is 5.89. The number of carbonyl (C=O) groups is 3. The number of aryl methyl sites for hydroxylation is 1. The first-order valence-corrected chi connectivity index (χ1v) is 9.82. The van der Waals surface area contributed by atoms with Crippen molar-refractivity contribution >= 4 is 29.5 Å². The number of esters is 1. The van der Waals surface area contributed by atoms with E-state index in [9.17, 15) is 14.4 Å². The number of thioether (sulfide) groups is 1. The highest BCUT2D eigenvalue weighted by Gasteiger charge is 2.27. The van der Waals surface area contributed by atoms with Crippen molar-refractivity contribution in [3.05, 3.63) is 54.1 Å². The molecule has 8 nitrogen and oxygen atoms in total. The van der Waals surface area contributed by atoms with Crippen LogP contribution in [0.25, 0.3) is 0 Å². The molecule has 0 aliphatic carbocycles. The van der Waals surface area contributed by atoms with Crippen LogP contribution in [0.2, 0.25) is 0 Å². The van der Waals surface area contributed by atoms with E-state index >= 15 is 0 Å². The van der Waals surface area contributed by atoms with Gasteiger partial charge in [0, 0.05) is 4.90 Å². The molecule has 0 bridgehead atoms. The van der Waals surface area contributed by atoms with E-state index in [0.717, 1.165) is 10.5 Å². The molecule has 0 spiro atoms. The summed E-state index contributed by atoms with van der Waals surface area (Å²) in [6, 6.07) is 14.6. The molecular weight excluding hydrogens is 396 g/mol. The van der Waals surface area contributed by atoms with Gasteiger partial charge in [-0.05, 0) is 30.7 Å². The Balaban J connectivity index is 1.35. The molecule has 29 heavy (non-hydrogen) atoms. The molecule has 1 heterocycles. The van der Waals surface area contributed by atoms with Gasteiger partial charge in [0.25, 0.3) is 11.8 Å². The molecule has 2 aromatic rings. The number of fused-ring (bicyclic) bond motifs is 1. The maximum atomic E-state index is 12.1. The van der Waals surface area contributed by atoms with Gasteiger partial charge in [-0.2, -0.15) is 0 Å². The first-order valence-electron chi connectivity index (χ1n) is 8.84. The van der Waals surface area contributed by atoms with E-state index in [4.69, 9.17) is 14.2 Å². The average molecular weight is 416 g/mol. The fourth-order valence-corrected chi connectivity index (χ4v) is 3.27. The van der Waals surface area contributed by atoms with Crippen LogP contribution in [0.3, 0.4) is 0 Å². The minimum absolute atomic E-state index is 0.0177. The van der Waals surface area contributed by atoms with E-state index in [0.29, 0.717) is 11.5 Å². The van der Waals surface area contributed by atoms with Crippen LogP contribution in [0, 0.1) is 6.92 Å². The zero-order valence-electron chi connectivity index (χ0n) is 15.7. The van der Waals surface area contributed by atoms with Crippen molar-refractivity contribution in [2.24, 2.45) is 0 Å². The highest BCUT2D eigenvalue weighted by Crippen LogP contribution is 2.30. The number of amides is 2. The Morgan fingerprint density at radius 2 is 1.79 bits per heavy atom. The van der Waals surface area contributed by atoms with E-state index in [1.807, 2.05) is 31.2 Å². The van der Waals surface area contributed by atoms with Gasteiger partial charge in [-0.3, -0.25) is 25.2 Å². The SMILES string of the molecule is Cc1ccccc1SCC(=O)OCC(=O)NNC(=O)[C@H]1COc2ccccc2O1. The van der Waals surface area contributed by atoms with Crippen LogP contribution in [0.1, 0.15) is 5.56 Å². The first kappa shape index (κ1) is 20.5. The minimum atomic E-state index is -0.904. The molecule has 1 atom stereocenters. The van der Waals surface area contributed by atoms with Gasteiger partial charge in [0.15, 0.2) is 18.1 Å². The number of rotatable bonds is 6. The molecule has 0 radical (unpaired) electrons. The van der Waals surface area contributed by atoms with Crippen LogP contribution in [-0.4, -0.2) is 42.9 Å². The molecule has 1 aliphatic heterocycles. The molecule has 152 valence electrons. The van der Waals surface area contributed by atoms with Gasteiger partial charge >= 0.3 is 5.97 Å². The summed E-state index contributed by atoms with van der Waals surface area (Å²) < 4.78 is 15.9. The zero-order chi connectivity index (χ0) is 20.6. The van der Waals surface area contributed by atoms with Crippen LogP contribution < -0.4 is 20.3 Å². The summed E-state index contributed by atoms with van der Waals surface area (Å²) in [6.07, 6.45) is -0.904. The van der Waals surface area contributed by atoms with Gasteiger partial charge < -0.3 is 14.2 Å². The number of hydrogen-bond donors (Lipinski definition) is 2. The number of hydrogen-bond acceptors (Lipinski definition) is 7. The summed E-state index contributed by atoms with van der Waals surface area (Å²) in [5.41, 5.74) is 5.47. The van der Waals surface area contributed by atoms with E-state index in [1.165, 1.54) is 11.8 Å². The van der Waals surface area contributed by atoms with Gasteiger partial charge in [0.1, 0.15) is 6.61 Å². The Kier molecular flexibility index (Phi) is 6.96. The molecule has 3 rings (SSSR count). The van der Waals surface area contributed by atoms with E-state index in [1.54, 1.807) is 24.3 Å². The standard InChI is InChI=1S/C20H20N2O6S/c1-13-6-2-5-9-17(13)29-12-19(24)27-11-18(23)21-22-20(25)16-10-26-14-7-3-4-8-15(14)28-16/h2-9,16H,10-12H2,1H3,(H,21,23)(H,22,25)/t16-/m1/s1. The molecule has 0 unspecified atom stereocenters. The maximum Gasteiger partial charge on any atom is 0.316 e. The van der Waals surface area contributed by atoms with Gasteiger partial charge in [-0.1, -0.05) is 30.3 Å². The second-order valence-electron chi connectivity index (χ2n) is 6.12. The maximum absolute atomic E-state index is 12.1. The Bertz CT molecular complexity index is 904. The minimum Gasteiger partial charge on any atom is -0.485 e. The zero-order valence-corrected chi connectivity index (χ0v) is 16.5. The number of ether oxygens (including phenoxy) is 3. The molecule has 0 saturated carbocycles. The molecule has 9 heteroatoms. The number of para-hydroxylation sites is 2. The van der Waals surface area contributed by atoms with Crippen LogP contribution >= 0.6 is 11.8 Å². The second-order valence-corrected chi connectivity index (χ2v) is 7.13. The fraction of sp³-hybridized carbons (Fsp3) is 0.250. The van der Waals surface area contributed by atoms with Gasteiger partial charge in [-0.25, -0.2) is 0 Å². The summed E-state index contributed by atoms with van der Waals surface area (Å²) in [6.45, 7) is 1.46. The monoisotopic (exact) mass is 416 g/mol. The Labute approximate surface area is 171 Å². The number of hydrazine groups is 1. The predicted octanol–water partition coefficient (Wildman–Crippen LogP) is 1.62. The van der Waals surface area contributed by atoms with Crippen LogP contribution in [0.5, 0.6) is 11.5 Å². The van der Waals surface area contributed by atoms with Gasteiger partial charge in [0.05, 0.1) is 5.75 Å². The lowest BCUT2D eigenvalue weighted by atomic mass is 10.2. The van der Waals surface area contributed by atoms with E-state index in [2.05, 4.69) is 10.9 Å². The van der Waals surface area contributed by atoms with Crippen molar-refractivity contribution in [3.63, 3.8) is 0 Å². The lowest BCUT2D eigenvalue weighted by Gasteiger charge is -2.25. The third-order valence-electron chi connectivity index (χ3n) is 3.93. The average Bonchev–Trinajstić information content (AvgIpc) is 2.75. The van der Waals surface area contributed by atoms with E-state index < -0.39 is 30.5 Å². The Morgan fingerprint density at radius 1 is 1.07 bits per heavy atom. The second kappa shape index (κ2) is 9.83. The molecule has 2 aromatic carbocycles. The van der Waals surface area contributed by atoms with Crippen molar-refractivity contribution in [2.75, 3.05) is 19.0 Å². The van der Waals surface area contributed by atoms with Crippen molar-refractivity contribution in [1.29, 1.82) is 0 Å². The molecule has 0 aromatic heterocycles. The largest absolute Gasteiger partial charge is 0.485 e. The van der Waals surface area contributed by atoms with E-state index in [-0.39, 0.29) is 12.4 Å².